The van der Waals surface area contributed by atoms with Crippen molar-refractivity contribution < 1.29 is 14.3 Å². The number of esters is 1. The van der Waals surface area contributed by atoms with Gasteiger partial charge in [-0.3, -0.25) is 9.59 Å². The molecule has 0 aliphatic heterocycles. The fourth-order valence-electron chi connectivity index (χ4n) is 2.42. The van der Waals surface area contributed by atoms with Crippen molar-refractivity contribution in [2.24, 2.45) is 12.5 Å². The van der Waals surface area contributed by atoms with Gasteiger partial charge < -0.3 is 9.30 Å². The van der Waals surface area contributed by atoms with Crippen LogP contribution < -0.4 is 4.74 Å². The summed E-state index contributed by atoms with van der Waals surface area (Å²) in [6.07, 6.45) is 3.04. The SMILES string of the molecule is CC(=O)Oc1cn(C)c2c1C(=O)CC(C)(C)C2. The molecule has 2 rings (SSSR count). The molecule has 4 nitrogen and oxygen atoms in total. The van der Waals surface area contributed by atoms with Crippen molar-refractivity contribution in [1.82, 2.24) is 4.57 Å². The third-order valence-electron chi connectivity index (χ3n) is 3.09. The zero-order chi connectivity index (χ0) is 12.8. The van der Waals surface area contributed by atoms with Gasteiger partial charge in [-0.15, -0.1) is 0 Å². The largest absolute Gasteiger partial charge is 0.424 e. The Morgan fingerprint density at radius 3 is 2.65 bits per heavy atom. The zero-order valence-corrected chi connectivity index (χ0v) is 10.7. The predicted molar refractivity (Wildman–Crippen MR) is 63.2 cm³/mol. The number of aryl methyl sites for hydroxylation is 1. The van der Waals surface area contributed by atoms with Gasteiger partial charge in [0.2, 0.25) is 0 Å². The first-order valence-electron chi connectivity index (χ1n) is 5.70. The van der Waals surface area contributed by atoms with E-state index in [2.05, 4.69) is 13.8 Å². The van der Waals surface area contributed by atoms with Gasteiger partial charge in [0.25, 0.3) is 0 Å². The molecule has 0 radical (unpaired) electrons. The minimum absolute atomic E-state index is 0.0241. The van der Waals surface area contributed by atoms with Crippen molar-refractivity contribution >= 4 is 11.8 Å². The monoisotopic (exact) mass is 235 g/mol. The number of hydrogen-bond donors (Lipinski definition) is 0. The number of aromatic nitrogens is 1. The molecule has 4 heteroatoms. The summed E-state index contributed by atoms with van der Waals surface area (Å²) in [6, 6.07) is 0. The van der Waals surface area contributed by atoms with Gasteiger partial charge in [-0.05, 0) is 11.8 Å². The fourth-order valence-corrected chi connectivity index (χ4v) is 2.42. The van der Waals surface area contributed by atoms with Gasteiger partial charge >= 0.3 is 5.97 Å². The molecule has 0 amide bonds. The van der Waals surface area contributed by atoms with E-state index in [1.54, 1.807) is 6.20 Å². The number of ketones is 1. The van der Waals surface area contributed by atoms with E-state index in [0.717, 1.165) is 12.1 Å². The molecular weight excluding hydrogens is 218 g/mol. The lowest BCUT2D eigenvalue weighted by Gasteiger charge is -2.29. The van der Waals surface area contributed by atoms with Crippen LogP contribution in [0.15, 0.2) is 6.20 Å². The van der Waals surface area contributed by atoms with E-state index in [1.807, 2.05) is 11.6 Å². The van der Waals surface area contributed by atoms with Crippen molar-refractivity contribution in [3.8, 4) is 5.75 Å². The van der Waals surface area contributed by atoms with Crippen LogP contribution in [0.1, 0.15) is 43.2 Å². The molecule has 1 aliphatic carbocycles. The van der Waals surface area contributed by atoms with Crippen LogP contribution in [0.3, 0.4) is 0 Å². The van der Waals surface area contributed by atoms with Crippen LogP contribution in [-0.4, -0.2) is 16.3 Å². The Hall–Kier alpha value is -1.58. The Balaban J connectivity index is 2.50. The molecule has 0 saturated carbocycles. The number of hydrogen-bond acceptors (Lipinski definition) is 3. The van der Waals surface area contributed by atoms with Crippen LogP contribution in [0.25, 0.3) is 0 Å². The van der Waals surface area contributed by atoms with Crippen LogP contribution in [0.5, 0.6) is 5.75 Å². The van der Waals surface area contributed by atoms with E-state index in [4.69, 9.17) is 4.74 Å². The maximum absolute atomic E-state index is 12.1. The molecular formula is C13H17NO3. The van der Waals surface area contributed by atoms with Gasteiger partial charge in [-0.1, -0.05) is 13.8 Å². The molecule has 0 N–H and O–H groups in total. The molecule has 0 bridgehead atoms. The molecule has 17 heavy (non-hydrogen) atoms. The molecule has 0 aromatic carbocycles. The second kappa shape index (κ2) is 3.72. The third-order valence-corrected chi connectivity index (χ3v) is 3.09. The Morgan fingerprint density at radius 2 is 2.06 bits per heavy atom. The van der Waals surface area contributed by atoms with E-state index in [1.165, 1.54) is 6.92 Å². The van der Waals surface area contributed by atoms with Gasteiger partial charge in [-0.25, -0.2) is 0 Å². The Kier molecular flexibility index (Phi) is 2.60. The molecule has 0 spiro atoms. The van der Waals surface area contributed by atoms with Crippen molar-refractivity contribution in [3.63, 3.8) is 0 Å². The Morgan fingerprint density at radius 1 is 1.41 bits per heavy atom. The summed E-state index contributed by atoms with van der Waals surface area (Å²) < 4.78 is 6.97. The second-order valence-corrected chi connectivity index (χ2v) is 5.46. The van der Waals surface area contributed by atoms with Crippen molar-refractivity contribution in [2.45, 2.75) is 33.6 Å². The van der Waals surface area contributed by atoms with Crippen molar-refractivity contribution in [1.29, 1.82) is 0 Å². The number of fused-ring (bicyclic) bond motifs is 1. The highest BCUT2D eigenvalue weighted by atomic mass is 16.5. The first-order valence-corrected chi connectivity index (χ1v) is 5.70. The summed E-state index contributed by atoms with van der Waals surface area (Å²) in [7, 11) is 1.88. The summed E-state index contributed by atoms with van der Waals surface area (Å²) in [5.41, 5.74) is 1.52. The van der Waals surface area contributed by atoms with E-state index in [9.17, 15) is 9.59 Å². The normalized spacial score (nSPS) is 17.8. The van der Waals surface area contributed by atoms with Gasteiger partial charge in [0.1, 0.15) is 0 Å². The number of ether oxygens (including phenoxy) is 1. The summed E-state index contributed by atoms with van der Waals surface area (Å²) in [4.78, 5) is 23.1. The van der Waals surface area contributed by atoms with Gasteiger partial charge in [0.05, 0.1) is 5.56 Å². The van der Waals surface area contributed by atoms with Gasteiger partial charge in [0.15, 0.2) is 11.5 Å². The lowest BCUT2D eigenvalue weighted by atomic mass is 9.76. The zero-order valence-electron chi connectivity index (χ0n) is 10.7. The van der Waals surface area contributed by atoms with E-state index in [0.29, 0.717) is 17.7 Å². The van der Waals surface area contributed by atoms with Crippen LogP contribution in [-0.2, 0) is 18.3 Å². The molecule has 0 unspecified atom stereocenters. The van der Waals surface area contributed by atoms with Crippen LogP contribution in [0, 0.1) is 5.41 Å². The maximum Gasteiger partial charge on any atom is 0.308 e. The topological polar surface area (TPSA) is 48.3 Å². The molecule has 92 valence electrons. The average Bonchev–Trinajstić information content (AvgIpc) is 2.39. The number of Topliss-reactive ketones (excluding diaryl/α,β-unsaturated/α-hetero) is 1. The smallest absolute Gasteiger partial charge is 0.308 e. The van der Waals surface area contributed by atoms with Crippen molar-refractivity contribution in [2.75, 3.05) is 0 Å². The summed E-state index contributed by atoms with van der Waals surface area (Å²) in [5, 5.41) is 0. The Bertz CT molecular complexity index is 497. The number of carbonyl (C=O) groups excluding carboxylic acids is 2. The first-order chi connectivity index (χ1) is 7.80. The van der Waals surface area contributed by atoms with Crippen molar-refractivity contribution in [3.05, 3.63) is 17.5 Å². The standard InChI is InChI=1S/C13H17NO3/c1-8(15)17-11-7-14(4)9-5-13(2,3)6-10(16)12(9)11/h7H,5-6H2,1-4H3. The van der Waals surface area contributed by atoms with Crippen LogP contribution >= 0.6 is 0 Å². The summed E-state index contributed by atoms with van der Waals surface area (Å²) in [5.74, 6) is 0.0691. The Labute approximate surface area is 101 Å². The molecule has 0 atom stereocenters. The number of carbonyl (C=O) groups is 2. The predicted octanol–water partition coefficient (Wildman–Crippen LogP) is 2.11. The highest BCUT2D eigenvalue weighted by Crippen LogP contribution is 2.39. The minimum atomic E-state index is -0.393. The maximum atomic E-state index is 12.1. The number of rotatable bonds is 1. The van der Waals surface area contributed by atoms with Gasteiger partial charge in [0, 0.05) is 32.3 Å². The van der Waals surface area contributed by atoms with E-state index in [-0.39, 0.29) is 11.2 Å². The molecule has 0 saturated heterocycles. The van der Waals surface area contributed by atoms with Crippen LogP contribution in [0.2, 0.25) is 0 Å². The average molecular weight is 235 g/mol. The second-order valence-electron chi connectivity index (χ2n) is 5.46. The van der Waals surface area contributed by atoms with E-state index < -0.39 is 5.97 Å². The first kappa shape index (κ1) is 11.9. The summed E-state index contributed by atoms with van der Waals surface area (Å²) in [6.45, 7) is 5.50. The highest BCUT2D eigenvalue weighted by Gasteiger charge is 2.35. The highest BCUT2D eigenvalue weighted by molar-refractivity contribution is 6.02. The lowest BCUT2D eigenvalue weighted by molar-refractivity contribution is -0.131. The quantitative estimate of drug-likeness (QED) is 0.700. The molecule has 1 aromatic rings. The molecule has 1 aromatic heterocycles. The van der Waals surface area contributed by atoms with Crippen LogP contribution in [0.4, 0.5) is 0 Å². The van der Waals surface area contributed by atoms with Gasteiger partial charge in [-0.2, -0.15) is 0 Å². The fraction of sp³-hybridized carbons (Fsp3) is 0.538. The van der Waals surface area contributed by atoms with E-state index >= 15 is 0 Å². The lowest BCUT2D eigenvalue weighted by Crippen LogP contribution is -2.28. The summed E-state index contributed by atoms with van der Waals surface area (Å²) >= 11 is 0. The third kappa shape index (κ3) is 2.12. The minimum Gasteiger partial charge on any atom is -0.424 e. The molecule has 1 heterocycles. The molecule has 1 aliphatic rings. The number of nitrogens with zero attached hydrogens (tertiary/aromatic N) is 1. The molecule has 0 fully saturated rings.